The van der Waals surface area contributed by atoms with Crippen LogP contribution in [0.15, 0.2) is 24.4 Å². The minimum absolute atomic E-state index is 0.0224. The first-order valence-electron chi connectivity index (χ1n) is 7.24. The number of pyridine rings is 1. The zero-order valence-electron chi connectivity index (χ0n) is 12.0. The van der Waals surface area contributed by atoms with E-state index >= 15 is 0 Å². The van der Waals surface area contributed by atoms with Gasteiger partial charge in [-0.05, 0) is 31.9 Å². The number of aromatic nitrogens is 1. The molecule has 1 unspecified atom stereocenters. The minimum Gasteiger partial charge on any atom is -0.363 e. The lowest BCUT2D eigenvalue weighted by atomic mass is 9.83. The fraction of sp³-hybridized carbons (Fsp3) is 0.533. The lowest BCUT2D eigenvalue weighted by Crippen LogP contribution is -2.63. The summed E-state index contributed by atoms with van der Waals surface area (Å²) in [6.07, 6.45) is 3.08. The van der Waals surface area contributed by atoms with Crippen LogP contribution in [-0.2, 0) is 9.53 Å². The number of morpholine rings is 1. The van der Waals surface area contributed by atoms with Gasteiger partial charge in [-0.15, -0.1) is 0 Å². The Labute approximate surface area is 123 Å². The maximum Gasteiger partial charge on any atom is 0.272 e. The fourth-order valence-electron chi connectivity index (χ4n) is 3.07. The Bertz CT molecular complexity index is 538. The molecule has 2 aliphatic rings. The maximum absolute atomic E-state index is 12.4. The number of hydrogen-bond acceptors (Lipinski definition) is 4. The average molecular weight is 289 g/mol. The summed E-state index contributed by atoms with van der Waals surface area (Å²) in [6, 6.07) is 5.31. The second-order valence-electron chi connectivity index (χ2n) is 5.65. The molecule has 6 nitrogen and oxygen atoms in total. The molecule has 3 rings (SSSR count). The van der Waals surface area contributed by atoms with Crippen LogP contribution in [-0.4, -0.2) is 53.0 Å². The summed E-state index contributed by atoms with van der Waals surface area (Å²) in [6.45, 7) is 3.32. The smallest absolute Gasteiger partial charge is 0.272 e. The third-order valence-electron chi connectivity index (χ3n) is 4.44. The van der Waals surface area contributed by atoms with Crippen molar-refractivity contribution in [3.8, 4) is 0 Å². The van der Waals surface area contributed by atoms with Crippen molar-refractivity contribution in [2.24, 2.45) is 0 Å². The molecule has 2 amide bonds. The van der Waals surface area contributed by atoms with Gasteiger partial charge in [-0.2, -0.15) is 0 Å². The van der Waals surface area contributed by atoms with Gasteiger partial charge in [0.05, 0.1) is 11.6 Å². The van der Waals surface area contributed by atoms with E-state index in [4.69, 9.17) is 4.74 Å². The standard InChI is InChI=1S/C15H19N3O3/c1-11-15(21-10-13(19)17-11)5-8-18(9-6-15)14(20)12-4-2-3-7-16-12/h2-4,7,11H,5-6,8-10H2,1H3,(H,17,19). The highest BCUT2D eigenvalue weighted by Crippen LogP contribution is 2.32. The van der Waals surface area contributed by atoms with Crippen molar-refractivity contribution in [2.75, 3.05) is 19.7 Å². The van der Waals surface area contributed by atoms with E-state index in [1.807, 2.05) is 13.0 Å². The highest BCUT2D eigenvalue weighted by molar-refractivity contribution is 5.92. The Balaban J connectivity index is 1.65. The van der Waals surface area contributed by atoms with Gasteiger partial charge in [-0.25, -0.2) is 0 Å². The molecular weight excluding hydrogens is 270 g/mol. The van der Waals surface area contributed by atoms with Crippen molar-refractivity contribution in [1.82, 2.24) is 15.2 Å². The number of carbonyl (C=O) groups is 2. The summed E-state index contributed by atoms with van der Waals surface area (Å²) >= 11 is 0. The van der Waals surface area contributed by atoms with Gasteiger partial charge < -0.3 is 15.0 Å². The SMILES string of the molecule is CC1NC(=O)COC12CCN(C(=O)c1ccccn1)CC2. The number of carbonyl (C=O) groups excluding carboxylic acids is 2. The summed E-state index contributed by atoms with van der Waals surface area (Å²) in [7, 11) is 0. The third kappa shape index (κ3) is 2.63. The highest BCUT2D eigenvalue weighted by atomic mass is 16.5. The summed E-state index contributed by atoms with van der Waals surface area (Å²) < 4.78 is 5.80. The summed E-state index contributed by atoms with van der Waals surface area (Å²) in [4.78, 5) is 29.6. The van der Waals surface area contributed by atoms with Gasteiger partial charge in [-0.3, -0.25) is 14.6 Å². The van der Waals surface area contributed by atoms with E-state index in [1.165, 1.54) is 0 Å². The zero-order valence-corrected chi connectivity index (χ0v) is 12.0. The lowest BCUT2D eigenvalue weighted by Gasteiger charge is -2.47. The van der Waals surface area contributed by atoms with Crippen LogP contribution in [0.25, 0.3) is 0 Å². The van der Waals surface area contributed by atoms with E-state index in [-0.39, 0.29) is 30.1 Å². The number of hydrogen-bond donors (Lipinski definition) is 1. The minimum atomic E-state index is -0.338. The summed E-state index contributed by atoms with van der Waals surface area (Å²) in [5.41, 5.74) is 0.133. The van der Waals surface area contributed by atoms with Crippen LogP contribution in [0.3, 0.4) is 0 Å². The molecule has 21 heavy (non-hydrogen) atoms. The molecule has 1 aromatic heterocycles. The largest absolute Gasteiger partial charge is 0.363 e. The summed E-state index contributed by atoms with van der Waals surface area (Å²) in [5.74, 6) is -0.113. The molecule has 2 aliphatic heterocycles. The van der Waals surface area contributed by atoms with E-state index in [2.05, 4.69) is 10.3 Å². The first-order chi connectivity index (χ1) is 10.1. The first-order valence-corrected chi connectivity index (χ1v) is 7.24. The number of piperidine rings is 1. The molecule has 1 spiro atoms. The maximum atomic E-state index is 12.4. The van der Waals surface area contributed by atoms with Crippen LogP contribution in [0.2, 0.25) is 0 Å². The van der Waals surface area contributed by atoms with Gasteiger partial charge in [0.15, 0.2) is 0 Å². The van der Waals surface area contributed by atoms with E-state index in [1.54, 1.807) is 23.2 Å². The quantitative estimate of drug-likeness (QED) is 0.821. The van der Waals surface area contributed by atoms with E-state index in [0.29, 0.717) is 18.8 Å². The molecule has 1 atom stereocenters. The van der Waals surface area contributed by atoms with Gasteiger partial charge in [0.25, 0.3) is 5.91 Å². The second-order valence-corrected chi connectivity index (χ2v) is 5.65. The van der Waals surface area contributed by atoms with Crippen molar-refractivity contribution in [2.45, 2.75) is 31.4 Å². The molecule has 6 heteroatoms. The van der Waals surface area contributed by atoms with Crippen LogP contribution in [0, 0.1) is 0 Å². The topological polar surface area (TPSA) is 71.5 Å². The van der Waals surface area contributed by atoms with Crippen molar-refractivity contribution >= 4 is 11.8 Å². The number of amides is 2. The number of nitrogens with one attached hydrogen (secondary N) is 1. The normalized spacial score (nSPS) is 24.7. The van der Waals surface area contributed by atoms with Crippen LogP contribution < -0.4 is 5.32 Å². The predicted octanol–water partition coefficient (Wildman–Crippen LogP) is 0.591. The Morgan fingerprint density at radius 3 is 2.81 bits per heavy atom. The molecule has 2 fully saturated rings. The van der Waals surface area contributed by atoms with Crippen LogP contribution in [0.1, 0.15) is 30.3 Å². The molecule has 0 bridgehead atoms. The third-order valence-corrected chi connectivity index (χ3v) is 4.44. The number of nitrogens with zero attached hydrogens (tertiary/aromatic N) is 2. The van der Waals surface area contributed by atoms with Gasteiger partial charge in [-0.1, -0.05) is 6.07 Å². The van der Waals surface area contributed by atoms with E-state index < -0.39 is 0 Å². The van der Waals surface area contributed by atoms with Crippen molar-refractivity contribution < 1.29 is 14.3 Å². The average Bonchev–Trinajstić information content (AvgIpc) is 2.52. The highest BCUT2D eigenvalue weighted by Gasteiger charge is 2.45. The zero-order chi connectivity index (χ0) is 14.9. The Morgan fingerprint density at radius 2 is 2.19 bits per heavy atom. The molecule has 112 valence electrons. The van der Waals surface area contributed by atoms with E-state index in [0.717, 1.165) is 12.8 Å². The molecule has 1 N–H and O–H groups in total. The van der Waals surface area contributed by atoms with Gasteiger partial charge in [0.1, 0.15) is 12.3 Å². The fourth-order valence-corrected chi connectivity index (χ4v) is 3.07. The lowest BCUT2D eigenvalue weighted by molar-refractivity contribution is -0.158. The van der Waals surface area contributed by atoms with Crippen molar-refractivity contribution in [3.63, 3.8) is 0 Å². The molecule has 3 heterocycles. The van der Waals surface area contributed by atoms with Crippen molar-refractivity contribution in [1.29, 1.82) is 0 Å². The molecule has 2 saturated heterocycles. The number of ether oxygens (including phenoxy) is 1. The van der Waals surface area contributed by atoms with Gasteiger partial charge in [0, 0.05) is 19.3 Å². The number of likely N-dealkylation sites (tertiary alicyclic amines) is 1. The van der Waals surface area contributed by atoms with Gasteiger partial charge >= 0.3 is 0 Å². The molecule has 0 radical (unpaired) electrons. The molecule has 0 aromatic carbocycles. The van der Waals surface area contributed by atoms with Crippen molar-refractivity contribution in [3.05, 3.63) is 30.1 Å². The second kappa shape index (κ2) is 5.44. The Kier molecular flexibility index (Phi) is 3.63. The predicted molar refractivity (Wildman–Crippen MR) is 75.7 cm³/mol. The molecule has 0 aliphatic carbocycles. The molecule has 1 aromatic rings. The molecular formula is C15H19N3O3. The van der Waals surface area contributed by atoms with E-state index in [9.17, 15) is 9.59 Å². The Morgan fingerprint density at radius 1 is 1.43 bits per heavy atom. The monoisotopic (exact) mass is 289 g/mol. The van der Waals surface area contributed by atoms with Crippen LogP contribution in [0.5, 0.6) is 0 Å². The van der Waals surface area contributed by atoms with Crippen LogP contribution in [0.4, 0.5) is 0 Å². The number of rotatable bonds is 1. The first kappa shape index (κ1) is 14.0. The van der Waals surface area contributed by atoms with Gasteiger partial charge in [0.2, 0.25) is 5.91 Å². The van der Waals surface area contributed by atoms with Crippen LogP contribution >= 0.6 is 0 Å². The summed E-state index contributed by atoms with van der Waals surface area (Å²) in [5, 5.41) is 2.94. The Hall–Kier alpha value is -1.95. The molecule has 0 saturated carbocycles.